The van der Waals surface area contributed by atoms with Gasteiger partial charge in [-0.25, -0.2) is 0 Å². The summed E-state index contributed by atoms with van der Waals surface area (Å²) in [6.07, 6.45) is 4.16. The molecule has 0 bridgehead atoms. The van der Waals surface area contributed by atoms with Gasteiger partial charge in [-0.1, -0.05) is 19.3 Å². The Hall–Kier alpha value is -1.57. The van der Waals surface area contributed by atoms with Crippen molar-refractivity contribution in [2.45, 2.75) is 46.0 Å². The van der Waals surface area contributed by atoms with Crippen LogP contribution >= 0.6 is 0 Å². The van der Waals surface area contributed by atoms with Crippen molar-refractivity contribution in [1.29, 1.82) is 5.26 Å². The summed E-state index contributed by atoms with van der Waals surface area (Å²) in [5.74, 6) is -0.353. The van der Waals surface area contributed by atoms with E-state index < -0.39 is 10.8 Å². The maximum Gasteiger partial charge on any atom is 0.240 e. The molecule has 5 heteroatoms. The zero-order chi connectivity index (χ0) is 14.5. The number of hydrogen-bond donors (Lipinski definition) is 2. The first-order valence-electron chi connectivity index (χ1n) is 6.80. The lowest BCUT2D eigenvalue weighted by Gasteiger charge is -2.31. The topological polar surface area (TPSA) is 82.0 Å². The first-order chi connectivity index (χ1) is 8.88. The Kier molecular flexibility index (Phi) is 4.93. The standard InChI is InChI=1S/C14H23N3O2/c1-13(2,11(18)16-3)10-17-12(19)14(9-15)7-5-4-6-8-14/h4-8,10H2,1-3H3,(H,16,18)(H,17,19). The van der Waals surface area contributed by atoms with Crippen LogP contribution in [0.4, 0.5) is 0 Å². The number of nitrogens with one attached hydrogen (secondary N) is 2. The summed E-state index contributed by atoms with van der Waals surface area (Å²) in [5, 5.41) is 14.7. The highest BCUT2D eigenvalue weighted by atomic mass is 16.2. The highest BCUT2D eigenvalue weighted by Crippen LogP contribution is 2.36. The fourth-order valence-electron chi connectivity index (χ4n) is 2.43. The van der Waals surface area contributed by atoms with Crippen LogP contribution in [0.25, 0.3) is 0 Å². The van der Waals surface area contributed by atoms with Gasteiger partial charge in [0.25, 0.3) is 0 Å². The maximum absolute atomic E-state index is 12.2. The fraction of sp³-hybridized carbons (Fsp3) is 0.786. The molecule has 1 fully saturated rings. The number of amides is 2. The molecular formula is C14H23N3O2. The minimum absolute atomic E-state index is 0.123. The summed E-state index contributed by atoms with van der Waals surface area (Å²) < 4.78 is 0. The Morgan fingerprint density at radius 1 is 1.26 bits per heavy atom. The maximum atomic E-state index is 12.2. The van der Waals surface area contributed by atoms with Crippen LogP contribution in [-0.2, 0) is 9.59 Å². The Labute approximate surface area is 114 Å². The molecule has 5 nitrogen and oxygen atoms in total. The van der Waals surface area contributed by atoms with Crippen LogP contribution in [0.2, 0.25) is 0 Å². The van der Waals surface area contributed by atoms with Gasteiger partial charge in [0.15, 0.2) is 0 Å². The number of hydrogen-bond acceptors (Lipinski definition) is 3. The van der Waals surface area contributed by atoms with E-state index in [1.54, 1.807) is 20.9 Å². The van der Waals surface area contributed by atoms with E-state index in [4.69, 9.17) is 0 Å². The van der Waals surface area contributed by atoms with E-state index in [2.05, 4.69) is 16.7 Å². The average Bonchev–Trinajstić information content (AvgIpc) is 2.44. The number of rotatable bonds is 4. The molecule has 1 aliphatic rings. The van der Waals surface area contributed by atoms with Crippen molar-refractivity contribution >= 4 is 11.8 Å². The first kappa shape index (κ1) is 15.5. The highest BCUT2D eigenvalue weighted by Gasteiger charge is 2.40. The number of nitriles is 1. The Morgan fingerprint density at radius 3 is 2.32 bits per heavy atom. The lowest BCUT2D eigenvalue weighted by atomic mass is 9.74. The van der Waals surface area contributed by atoms with Crippen LogP contribution in [0.1, 0.15) is 46.0 Å². The van der Waals surface area contributed by atoms with Crippen molar-refractivity contribution in [3.05, 3.63) is 0 Å². The van der Waals surface area contributed by atoms with Crippen LogP contribution in [0.5, 0.6) is 0 Å². The first-order valence-corrected chi connectivity index (χ1v) is 6.80. The molecule has 0 saturated heterocycles. The molecule has 2 N–H and O–H groups in total. The quantitative estimate of drug-likeness (QED) is 0.805. The van der Waals surface area contributed by atoms with Crippen molar-refractivity contribution in [1.82, 2.24) is 10.6 Å². The second-order valence-electron chi connectivity index (χ2n) is 5.90. The predicted molar refractivity (Wildman–Crippen MR) is 72.0 cm³/mol. The molecule has 0 unspecified atom stereocenters. The van der Waals surface area contributed by atoms with Crippen molar-refractivity contribution in [3.63, 3.8) is 0 Å². The summed E-state index contributed by atoms with van der Waals surface area (Å²) in [5.41, 5.74) is -1.56. The molecule has 0 heterocycles. The van der Waals surface area contributed by atoms with Crippen LogP contribution in [0.15, 0.2) is 0 Å². The molecule has 106 valence electrons. The smallest absolute Gasteiger partial charge is 0.240 e. The van der Waals surface area contributed by atoms with E-state index in [1.807, 2.05) is 0 Å². The molecule has 0 aromatic rings. The lowest BCUT2D eigenvalue weighted by Crippen LogP contribution is -2.48. The van der Waals surface area contributed by atoms with Gasteiger partial charge in [-0.3, -0.25) is 9.59 Å². The van der Waals surface area contributed by atoms with Gasteiger partial charge in [0.2, 0.25) is 11.8 Å². The molecule has 0 aliphatic heterocycles. The zero-order valence-electron chi connectivity index (χ0n) is 12.0. The molecule has 19 heavy (non-hydrogen) atoms. The van der Waals surface area contributed by atoms with Gasteiger partial charge >= 0.3 is 0 Å². The molecule has 0 atom stereocenters. The average molecular weight is 265 g/mol. The van der Waals surface area contributed by atoms with Gasteiger partial charge in [-0.05, 0) is 26.7 Å². The molecule has 0 aromatic heterocycles. The third-order valence-corrected chi connectivity index (χ3v) is 3.89. The molecule has 0 radical (unpaired) electrons. The van der Waals surface area contributed by atoms with E-state index >= 15 is 0 Å². The van der Waals surface area contributed by atoms with Gasteiger partial charge in [0, 0.05) is 13.6 Å². The summed E-state index contributed by atoms with van der Waals surface area (Å²) >= 11 is 0. The number of carbonyl (C=O) groups excluding carboxylic acids is 2. The van der Waals surface area contributed by atoms with Crippen molar-refractivity contribution in [2.24, 2.45) is 10.8 Å². The third kappa shape index (κ3) is 3.46. The Balaban J connectivity index is 2.64. The Bertz CT molecular complexity index is 390. The van der Waals surface area contributed by atoms with Gasteiger partial charge in [0.05, 0.1) is 11.5 Å². The minimum atomic E-state index is -0.892. The molecule has 1 rings (SSSR count). The van der Waals surface area contributed by atoms with E-state index in [0.29, 0.717) is 12.8 Å². The Morgan fingerprint density at radius 2 is 1.84 bits per heavy atom. The predicted octanol–water partition coefficient (Wildman–Crippen LogP) is 1.35. The van der Waals surface area contributed by atoms with E-state index in [-0.39, 0.29) is 18.4 Å². The molecular weight excluding hydrogens is 242 g/mol. The van der Waals surface area contributed by atoms with E-state index in [1.165, 1.54) is 0 Å². The molecule has 1 aliphatic carbocycles. The van der Waals surface area contributed by atoms with Gasteiger partial charge in [-0.15, -0.1) is 0 Å². The molecule has 2 amide bonds. The monoisotopic (exact) mass is 265 g/mol. The normalized spacial score (nSPS) is 18.2. The van der Waals surface area contributed by atoms with Crippen LogP contribution < -0.4 is 10.6 Å². The highest BCUT2D eigenvalue weighted by molar-refractivity contribution is 5.87. The zero-order valence-corrected chi connectivity index (χ0v) is 12.0. The molecule has 0 spiro atoms. The second kappa shape index (κ2) is 6.05. The molecule has 1 saturated carbocycles. The van der Waals surface area contributed by atoms with Crippen molar-refractivity contribution < 1.29 is 9.59 Å². The fourth-order valence-corrected chi connectivity index (χ4v) is 2.43. The third-order valence-electron chi connectivity index (χ3n) is 3.89. The molecule has 0 aromatic carbocycles. The second-order valence-corrected chi connectivity index (χ2v) is 5.90. The van der Waals surface area contributed by atoms with Crippen LogP contribution in [-0.4, -0.2) is 25.4 Å². The van der Waals surface area contributed by atoms with E-state index in [9.17, 15) is 14.9 Å². The van der Waals surface area contributed by atoms with E-state index in [0.717, 1.165) is 19.3 Å². The lowest BCUT2D eigenvalue weighted by molar-refractivity contribution is -0.132. The summed E-state index contributed by atoms with van der Waals surface area (Å²) in [4.78, 5) is 23.9. The van der Waals surface area contributed by atoms with Crippen molar-refractivity contribution in [3.8, 4) is 6.07 Å². The van der Waals surface area contributed by atoms with Crippen LogP contribution in [0.3, 0.4) is 0 Å². The van der Waals surface area contributed by atoms with Gasteiger partial charge in [0.1, 0.15) is 5.41 Å². The SMILES string of the molecule is CNC(=O)C(C)(C)CNC(=O)C1(C#N)CCCCC1. The van der Waals surface area contributed by atoms with Crippen LogP contribution in [0, 0.1) is 22.2 Å². The van der Waals surface area contributed by atoms with Crippen molar-refractivity contribution in [2.75, 3.05) is 13.6 Å². The summed E-state index contributed by atoms with van der Waals surface area (Å²) in [6.45, 7) is 3.78. The minimum Gasteiger partial charge on any atom is -0.359 e. The van der Waals surface area contributed by atoms with Gasteiger partial charge < -0.3 is 10.6 Å². The number of nitrogens with zero attached hydrogens (tertiary/aromatic N) is 1. The summed E-state index contributed by atoms with van der Waals surface area (Å²) in [6, 6.07) is 2.18. The van der Waals surface area contributed by atoms with Gasteiger partial charge in [-0.2, -0.15) is 5.26 Å². The largest absolute Gasteiger partial charge is 0.359 e. The number of carbonyl (C=O) groups is 2. The summed E-state index contributed by atoms with van der Waals surface area (Å²) in [7, 11) is 1.57.